The number of carbonyl (C=O) groups is 2. The minimum atomic E-state index is -0.849. The van der Waals surface area contributed by atoms with E-state index in [0.29, 0.717) is 18.0 Å². The average Bonchev–Trinajstić information content (AvgIpc) is 2.85. The van der Waals surface area contributed by atoms with Crippen LogP contribution in [-0.4, -0.2) is 52.7 Å². The van der Waals surface area contributed by atoms with E-state index in [4.69, 9.17) is 9.84 Å². The zero-order chi connectivity index (χ0) is 14.5. The van der Waals surface area contributed by atoms with Crippen molar-refractivity contribution >= 4 is 23.2 Å². The molecule has 1 aromatic heterocycles. The summed E-state index contributed by atoms with van der Waals surface area (Å²) in [5.74, 6) is -0.822. The third-order valence-corrected chi connectivity index (χ3v) is 4.13. The first-order chi connectivity index (χ1) is 9.56. The van der Waals surface area contributed by atoms with Crippen LogP contribution in [0.15, 0.2) is 6.20 Å². The van der Waals surface area contributed by atoms with Gasteiger partial charge in [-0.3, -0.25) is 9.59 Å². The van der Waals surface area contributed by atoms with E-state index in [1.54, 1.807) is 6.20 Å². The lowest BCUT2D eigenvalue weighted by molar-refractivity contribution is -0.138. The fourth-order valence-electron chi connectivity index (χ4n) is 2.15. The van der Waals surface area contributed by atoms with Crippen LogP contribution in [0.1, 0.15) is 33.9 Å². The first-order valence-electron chi connectivity index (χ1n) is 6.61. The summed E-state index contributed by atoms with van der Waals surface area (Å²) in [6, 6.07) is 0. The van der Waals surface area contributed by atoms with Gasteiger partial charge in [0, 0.05) is 13.1 Å². The number of carboxylic acid groups (broad SMARTS) is 1. The standard InChI is InChI=1S/C13H18N2O4S/c1-9-14-8-11(20-9)13(18)15-5-2-10(3-6-15)19-7-4-12(16)17/h8,10H,2-7H2,1H3,(H,16,17). The minimum absolute atomic E-state index is 0.0271. The maximum atomic E-state index is 12.2. The molecule has 1 aliphatic heterocycles. The molecule has 2 heterocycles. The van der Waals surface area contributed by atoms with Crippen LogP contribution in [0.2, 0.25) is 0 Å². The van der Waals surface area contributed by atoms with Crippen molar-refractivity contribution in [1.29, 1.82) is 0 Å². The molecule has 0 atom stereocenters. The Labute approximate surface area is 121 Å². The molecular formula is C13H18N2O4S. The Morgan fingerprint density at radius 3 is 2.75 bits per heavy atom. The summed E-state index contributed by atoms with van der Waals surface area (Å²) in [6.45, 7) is 3.41. The van der Waals surface area contributed by atoms with Gasteiger partial charge in [0.05, 0.1) is 30.3 Å². The number of aryl methyl sites for hydroxylation is 1. The number of aliphatic carboxylic acids is 1. The Bertz CT molecular complexity index is 480. The summed E-state index contributed by atoms with van der Waals surface area (Å²) in [4.78, 5) is 29.2. The number of amides is 1. The lowest BCUT2D eigenvalue weighted by atomic mass is 10.1. The van der Waals surface area contributed by atoms with Crippen molar-refractivity contribution in [3.8, 4) is 0 Å². The number of thiazole rings is 1. The predicted molar refractivity (Wildman–Crippen MR) is 74.0 cm³/mol. The molecule has 1 aliphatic rings. The summed E-state index contributed by atoms with van der Waals surface area (Å²) in [7, 11) is 0. The first kappa shape index (κ1) is 14.9. The van der Waals surface area contributed by atoms with Crippen molar-refractivity contribution in [3.05, 3.63) is 16.1 Å². The van der Waals surface area contributed by atoms with Gasteiger partial charge < -0.3 is 14.7 Å². The molecule has 1 fully saturated rings. The molecule has 0 aliphatic carbocycles. The van der Waals surface area contributed by atoms with Gasteiger partial charge in [-0.2, -0.15) is 0 Å². The molecule has 110 valence electrons. The molecule has 1 amide bonds. The summed E-state index contributed by atoms with van der Waals surface area (Å²) in [5.41, 5.74) is 0. The minimum Gasteiger partial charge on any atom is -0.481 e. The Hall–Kier alpha value is -1.47. The molecule has 2 rings (SSSR count). The van der Waals surface area contributed by atoms with Crippen molar-refractivity contribution in [2.75, 3.05) is 19.7 Å². The summed E-state index contributed by atoms with van der Waals surface area (Å²) >= 11 is 1.41. The molecular weight excluding hydrogens is 280 g/mol. The van der Waals surface area contributed by atoms with Crippen LogP contribution >= 0.6 is 11.3 Å². The van der Waals surface area contributed by atoms with Gasteiger partial charge in [0.15, 0.2) is 0 Å². The Morgan fingerprint density at radius 2 is 2.20 bits per heavy atom. The summed E-state index contributed by atoms with van der Waals surface area (Å²) in [6.07, 6.45) is 3.21. The smallest absolute Gasteiger partial charge is 0.305 e. The number of likely N-dealkylation sites (tertiary alicyclic amines) is 1. The SMILES string of the molecule is Cc1ncc(C(=O)N2CCC(OCCC(=O)O)CC2)s1. The molecule has 0 unspecified atom stereocenters. The van der Waals surface area contributed by atoms with Crippen molar-refractivity contribution in [2.24, 2.45) is 0 Å². The highest BCUT2D eigenvalue weighted by Crippen LogP contribution is 2.19. The van der Waals surface area contributed by atoms with Gasteiger partial charge in [0.25, 0.3) is 5.91 Å². The van der Waals surface area contributed by atoms with Gasteiger partial charge in [-0.25, -0.2) is 4.98 Å². The lowest BCUT2D eigenvalue weighted by Gasteiger charge is -2.31. The van der Waals surface area contributed by atoms with Crippen LogP contribution in [0.4, 0.5) is 0 Å². The van der Waals surface area contributed by atoms with Gasteiger partial charge in [-0.05, 0) is 19.8 Å². The molecule has 1 aromatic rings. The number of aromatic nitrogens is 1. The van der Waals surface area contributed by atoms with Crippen molar-refractivity contribution in [3.63, 3.8) is 0 Å². The molecule has 0 aromatic carbocycles. The van der Waals surface area contributed by atoms with Crippen molar-refractivity contribution < 1.29 is 19.4 Å². The van der Waals surface area contributed by atoms with E-state index in [1.165, 1.54) is 11.3 Å². The third kappa shape index (κ3) is 4.01. The van der Waals surface area contributed by atoms with Crippen LogP contribution in [0.5, 0.6) is 0 Å². The van der Waals surface area contributed by atoms with Crippen LogP contribution in [-0.2, 0) is 9.53 Å². The van der Waals surface area contributed by atoms with Crippen LogP contribution < -0.4 is 0 Å². The quantitative estimate of drug-likeness (QED) is 0.892. The van der Waals surface area contributed by atoms with Gasteiger partial charge in [-0.1, -0.05) is 0 Å². The van der Waals surface area contributed by atoms with E-state index in [1.807, 2.05) is 11.8 Å². The van der Waals surface area contributed by atoms with Gasteiger partial charge >= 0.3 is 5.97 Å². The fourth-order valence-corrected chi connectivity index (χ4v) is 2.90. The maximum Gasteiger partial charge on any atom is 0.305 e. The lowest BCUT2D eigenvalue weighted by Crippen LogP contribution is -2.40. The zero-order valence-corrected chi connectivity index (χ0v) is 12.2. The van der Waals surface area contributed by atoms with Crippen molar-refractivity contribution in [2.45, 2.75) is 32.3 Å². The second-order valence-electron chi connectivity index (χ2n) is 4.75. The van der Waals surface area contributed by atoms with Gasteiger partial charge in [0.2, 0.25) is 0 Å². The molecule has 0 spiro atoms. The largest absolute Gasteiger partial charge is 0.481 e. The molecule has 1 saturated heterocycles. The second-order valence-corrected chi connectivity index (χ2v) is 5.98. The number of rotatable bonds is 5. The van der Waals surface area contributed by atoms with E-state index in [0.717, 1.165) is 17.8 Å². The van der Waals surface area contributed by atoms with Crippen molar-refractivity contribution in [1.82, 2.24) is 9.88 Å². The third-order valence-electron chi connectivity index (χ3n) is 3.23. The number of piperidine rings is 1. The first-order valence-corrected chi connectivity index (χ1v) is 7.43. The zero-order valence-electron chi connectivity index (χ0n) is 11.4. The molecule has 7 heteroatoms. The highest BCUT2D eigenvalue weighted by Gasteiger charge is 2.25. The van der Waals surface area contributed by atoms with E-state index in [-0.39, 0.29) is 25.0 Å². The van der Waals surface area contributed by atoms with E-state index >= 15 is 0 Å². The number of hydrogen-bond donors (Lipinski definition) is 1. The number of carboxylic acids is 1. The van der Waals surface area contributed by atoms with E-state index < -0.39 is 5.97 Å². The average molecular weight is 298 g/mol. The molecule has 0 bridgehead atoms. The highest BCUT2D eigenvalue weighted by atomic mass is 32.1. The predicted octanol–water partition coefficient (Wildman–Crippen LogP) is 1.55. The highest BCUT2D eigenvalue weighted by molar-refractivity contribution is 7.13. The molecule has 20 heavy (non-hydrogen) atoms. The Morgan fingerprint density at radius 1 is 1.50 bits per heavy atom. The molecule has 6 nitrogen and oxygen atoms in total. The van der Waals surface area contributed by atoms with Crippen LogP contribution in [0.25, 0.3) is 0 Å². The number of hydrogen-bond acceptors (Lipinski definition) is 5. The van der Waals surface area contributed by atoms with Gasteiger partial charge in [-0.15, -0.1) is 11.3 Å². The fraction of sp³-hybridized carbons (Fsp3) is 0.615. The molecule has 0 saturated carbocycles. The number of ether oxygens (including phenoxy) is 1. The van der Waals surface area contributed by atoms with E-state index in [9.17, 15) is 9.59 Å². The van der Waals surface area contributed by atoms with E-state index in [2.05, 4.69) is 4.98 Å². The monoisotopic (exact) mass is 298 g/mol. The Kier molecular flexibility index (Phi) is 5.08. The summed E-state index contributed by atoms with van der Waals surface area (Å²) in [5, 5.41) is 9.44. The van der Waals surface area contributed by atoms with Crippen LogP contribution in [0, 0.1) is 6.92 Å². The maximum absolute atomic E-state index is 12.2. The second kappa shape index (κ2) is 6.81. The number of nitrogens with zero attached hydrogens (tertiary/aromatic N) is 2. The topological polar surface area (TPSA) is 79.7 Å². The Balaban J connectivity index is 1.76. The number of carbonyl (C=O) groups excluding carboxylic acids is 1. The summed E-state index contributed by atoms with van der Waals surface area (Å²) < 4.78 is 5.50. The normalized spacial score (nSPS) is 16.4. The van der Waals surface area contributed by atoms with Crippen LogP contribution in [0.3, 0.4) is 0 Å². The molecule has 0 radical (unpaired) electrons. The van der Waals surface area contributed by atoms with Gasteiger partial charge in [0.1, 0.15) is 4.88 Å². The molecule has 1 N–H and O–H groups in total.